The van der Waals surface area contributed by atoms with Gasteiger partial charge in [0.15, 0.2) is 0 Å². The molecule has 0 saturated heterocycles. The number of nitrogens with zero attached hydrogens (tertiary/aromatic N) is 1. The minimum atomic E-state index is -0.325. The Kier molecular flexibility index (Phi) is 5.07. The summed E-state index contributed by atoms with van der Waals surface area (Å²) in [5, 5.41) is 9.09. The Labute approximate surface area is 108 Å². The molecule has 0 aromatic heterocycles. The van der Waals surface area contributed by atoms with E-state index in [1.165, 1.54) is 12.2 Å². The molecule has 0 N–H and O–H groups in total. The third-order valence-electron chi connectivity index (χ3n) is 2.72. The Morgan fingerprint density at radius 3 is 2.83 bits per heavy atom. The summed E-state index contributed by atoms with van der Waals surface area (Å²) in [5.74, 6) is -0.325. The average molecular weight is 241 g/mol. The number of rotatable bonds is 3. The van der Waals surface area contributed by atoms with Gasteiger partial charge in [0, 0.05) is 0 Å². The monoisotopic (exact) mass is 241 g/mol. The lowest BCUT2D eigenvalue weighted by molar-refractivity contribution is 0.657. The summed E-state index contributed by atoms with van der Waals surface area (Å²) in [6.07, 6.45) is 11.2. The van der Waals surface area contributed by atoms with Crippen molar-refractivity contribution in [3.8, 4) is 6.07 Å². The predicted octanol–water partition coefficient (Wildman–Crippen LogP) is 4.70. The Balaban J connectivity index is 3.17. The largest absolute Gasteiger partial charge is 0.207 e. The van der Waals surface area contributed by atoms with Gasteiger partial charge in [-0.15, -0.1) is 0 Å². The second kappa shape index (κ2) is 6.56. The summed E-state index contributed by atoms with van der Waals surface area (Å²) >= 11 is 0. The lowest BCUT2D eigenvalue weighted by atomic mass is 9.98. The van der Waals surface area contributed by atoms with Gasteiger partial charge in [-0.3, -0.25) is 0 Å². The fourth-order valence-corrected chi connectivity index (χ4v) is 1.56. The van der Waals surface area contributed by atoms with Crippen LogP contribution in [0.3, 0.4) is 0 Å². The fraction of sp³-hybridized carbons (Fsp3) is 0.188. The van der Waals surface area contributed by atoms with Crippen molar-refractivity contribution in [2.75, 3.05) is 0 Å². The van der Waals surface area contributed by atoms with Gasteiger partial charge < -0.3 is 0 Å². The molecular formula is C16H16FN. The van der Waals surface area contributed by atoms with Crippen molar-refractivity contribution >= 4 is 0 Å². The average Bonchev–Trinajstić information content (AvgIpc) is 2.62. The van der Waals surface area contributed by atoms with E-state index < -0.39 is 0 Å². The van der Waals surface area contributed by atoms with Gasteiger partial charge in [0.1, 0.15) is 5.83 Å². The van der Waals surface area contributed by atoms with Crippen molar-refractivity contribution in [2.45, 2.75) is 20.3 Å². The van der Waals surface area contributed by atoms with Gasteiger partial charge in [0.2, 0.25) is 0 Å². The van der Waals surface area contributed by atoms with E-state index in [0.717, 1.165) is 17.6 Å². The lowest BCUT2D eigenvalue weighted by Crippen LogP contribution is -1.90. The van der Waals surface area contributed by atoms with Crippen LogP contribution in [0.4, 0.5) is 4.39 Å². The Morgan fingerprint density at radius 2 is 2.22 bits per heavy atom. The first-order chi connectivity index (χ1) is 8.60. The molecule has 0 aromatic rings. The minimum absolute atomic E-state index is 0.325. The Hall–Kier alpha value is -2.14. The fourth-order valence-electron chi connectivity index (χ4n) is 1.56. The molecule has 1 aliphatic carbocycles. The number of allylic oxidation sites excluding steroid dienone is 11. The number of nitriles is 1. The molecule has 0 fully saturated rings. The van der Waals surface area contributed by atoms with Crippen molar-refractivity contribution in [1.29, 1.82) is 5.26 Å². The van der Waals surface area contributed by atoms with Crippen LogP contribution in [0.25, 0.3) is 0 Å². The highest BCUT2D eigenvalue weighted by atomic mass is 19.1. The normalized spacial score (nSPS) is 17.1. The zero-order valence-corrected chi connectivity index (χ0v) is 10.7. The predicted molar refractivity (Wildman–Crippen MR) is 73.3 cm³/mol. The second-order valence-corrected chi connectivity index (χ2v) is 4.04. The maximum atomic E-state index is 13.7. The zero-order valence-electron chi connectivity index (χ0n) is 10.7. The van der Waals surface area contributed by atoms with E-state index >= 15 is 0 Å². The number of hydrogen-bond acceptors (Lipinski definition) is 1. The number of hydrogen-bond donors (Lipinski definition) is 0. The van der Waals surface area contributed by atoms with Crippen LogP contribution in [0.15, 0.2) is 71.2 Å². The summed E-state index contributed by atoms with van der Waals surface area (Å²) < 4.78 is 13.7. The van der Waals surface area contributed by atoms with Gasteiger partial charge in [-0.2, -0.15) is 5.26 Å². The van der Waals surface area contributed by atoms with E-state index in [9.17, 15) is 4.39 Å². The maximum absolute atomic E-state index is 13.7. The Bertz CT molecular complexity index is 534. The first-order valence-electron chi connectivity index (χ1n) is 5.75. The van der Waals surface area contributed by atoms with Crippen LogP contribution < -0.4 is 0 Å². The standard InChI is InChI=1S/C16H16FN/c1-4-12(2)16(17)10-13(3)15-9-7-5-6-8-14(15)11-18/h4-5,7-10H,1,6H2,2-3H3/b13-10+,16-12+. The van der Waals surface area contributed by atoms with Crippen LogP contribution in [0.5, 0.6) is 0 Å². The molecule has 0 saturated carbocycles. The SMILES string of the molecule is C=C/C(C)=C(F)\C=C(/C)C1=CC=CCC=C1C#N. The molecule has 0 aliphatic heterocycles. The van der Waals surface area contributed by atoms with E-state index in [1.807, 2.05) is 24.3 Å². The van der Waals surface area contributed by atoms with Crippen molar-refractivity contribution in [2.24, 2.45) is 0 Å². The smallest absolute Gasteiger partial charge is 0.126 e. The molecule has 1 rings (SSSR count). The molecule has 0 amide bonds. The van der Waals surface area contributed by atoms with E-state index in [-0.39, 0.29) is 5.83 Å². The summed E-state index contributed by atoms with van der Waals surface area (Å²) in [4.78, 5) is 0. The molecule has 1 aliphatic rings. The molecule has 0 radical (unpaired) electrons. The molecule has 2 heteroatoms. The van der Waals surface area contributed by atoms with Crippen LogP contribution in [0.1, 0.15) is 20.3 Å². The van der Waals surface area contributed by atoms with E-state index in [1.54, 1.807) is 13.8 Å². The lowest BCUT2D eigenvalue weighted by Gasteiger charge is -2.05. The first-order valence-corrected chi connectivity index (χ1v) is 5.75. The molecule has 0 spiro atoms. The summed E-state index contributed by atoms with van der Waals surface area (Å²) in [7, 11) is 0. The molecule has 1 nitrogen and oxygen atoms in total. The molecule has 0 bridgehead atoms. The molecule has 0 aromatic carbocycles. The quantitative estimate of drug-likeness (QED) is 0.657. The third-order valence-corrected chi connectivity index (χ3v) is 2.72. The number of halogens is 1. The van der Waals surface area contributed by atoms with Crippen LogP contribution in [-0.4, -0.2) is 0 Å². The van der Waals surface area contributed by atoms with Gasteiger partial charge in [-0.1, -0.05) is 37.0 Å². The molecule has 0 unspecified atom stereocenters. The zero-order chi connectivity index (χ0) is 13.5. The molecule has 92 valence electrons. The van der Waals surface area contributed by atoms with Crippen molar-refractivity contribution in [3.63, 3.8) is 0 Å². The van der Waals surface area contributed by atoms with E-state index in [4.69, 9.17) is 5.26 Å². The summed E-state index contributed by atoms with van der Waals surface area (Å²) in [6, 6.07) is 2.14. The maximum Gasteiger partial charge on any atom is 0.126 e. The third kappa shape index (κ3) is 3.43. The first kappa shape index (κ1) is 13.9. The molecular weight excluding hydrogens is 225 g/mol. The molecule has 0 heterocycles. The van der Waals surface area contributed by atoms with Gasteiger partial charge >= 0.3 is 0 Å². The van der Waals surface area contributed by atoms with Crippen molar-refractivity contribution in [3.05, 3.63) is 71.2 Å². The van der Waals surface area contributed by atoms with Gasteiger partial charge in [-0.05, 0) is 43.1 Å². The van der Waals surface area contributed by atoms with Crippen LogP contribution in [-0.2, 0) is 0 Å². The van der Waals surface area contributed by atoms with Gasteiger partial charge in [0.25, 0.3) is 0 Å². The van der Waals surface area contributed by atoms with E-state index in [0.29, 0.717) is 11.1 Å². The van der Waals surface area contributed by atoms with Gasteiger partial charge in [0.05, 0.1) is 11.6 Å². The Morgan fingerprint density at radius 1 is 1.50 bits per heavy atom. The van der Waals surface area contributed by atoms with Crippen LogP contribution >= 0.6 is 0 Å². The highest BCUT2D eigenvalue weighted by Gasteiger charge is 2.08. The minimum Gasteiger partial charge on any atom is -0.207 e. The van der Waals surface area contributed by atoms with E-state index in [2.05, 4.69) is 12.6 Å². The van der Waals surface area contributed by atoms with Gasteiger partial charge in [-0.25, -0.2) is 4.39 Å². The summed E-state index contributed by atoms with van der Waals surface area (Å²) in [6.45, 7) is 6.99. The highest BCUT2D eigenvalue weighted by molar-refractivity contribution is 5.56. The molecule has 0 atom stereocenters. The van der Waals surface area contributed by atoms with Crippen LogP contribution in [0.2, 0.25) is 0 Å². The van der Waals surface area contributed by atoms with Crippen LogP contribution in [0, 0.1) is 11.3 Å². The van der Waals surface area contributed by atoms with Crippen molar-refractivity contribution in [1.82, 2.24) is 0 Å². The van der Waals surface area contributed by atoms with Crippen molar-refractivity contribution < 1.29 is 4.39 Å². The summed E-state index contributed by atoms with van der Waals surface area (Å²) in [5.41, 5.74) is 2.56. The highest BCUT2D eigenvalue weighted by Crippen LogP contribution is 2.24. The molecule has 18 heavy (non-hydrogen) atoms. The second-order valence-electron chi connectivity index (χ2n) is 4.04. The topological polar surface area (TPSA) is 23.8 Å².